The van der Waals surface area contributed by atoms with Gasteiger partial charge >= 0.3 is 0 Å². The lowest BCUT2D eigenvalue weighted by molar-refractivity contribution is -0.140. The molecule has 0 radical (unpaired) electrons. The van der Waals surface area contributed by atoms with Crippen molar-refractivity contribution in [3.05, 3.63) is 35.9 Å². The number of benzene rings is 1. The number of amides is 2. The molecule has 1 atom stereocenters. The Bertz CT molecular complexity index is 596. The third kappa shape index (κ3) is 3.78. The summed E-state index contributed by atoms with van der Waals surface area (Å²) in [4.78, 5) is 28.2. The Hall–Kier alpha value is -1.88. The first-order valence-corrected chi connectivity index (χ1v) is 8.76. The van der Waals surface area contributed by atoms with Gasteiger partial charge in [-0.1, -0.05) is 43.2 Å². The first-order valence-electron chi connectivity index (χ1n) is 8.76. The highest BCUT2D eigenvalue weighted by atomic mass is 16.3. The summed E-state index contributed by atoms with van der Waals surface area (Å²) in [6.07, 6.45) is 3.78. The van der Waals surface area contributed by atoms with Gasteiger partial charge in [0.05, 0.1) is 11.5 Å². The summed E-state index contributed by atoms with van der Waals surface area (Å²) < 4.78 is 0. The molecule has 1 saturated carbocycles. The van der Waals surface area contributed by atoms with E-state index in [1.54, 1.807) is 16.8 Å². The summed E-state index contributed by atoms with van der Waals surface area (Å²) in [5, 5.41) is 10.8. The van der Waals surface area contributed by atoms with Gasteiger partial charge in [-0.05, 0) is 18.4 Å². The minimum absolute atomic E-state index is 0.0168. The fourth-order valence-electron chi connectivity index (χ4n) is 3.85. The van der Waals surface area contributed by atoms with E-state index in [1.165, 1.54) is 0 Å². The van der Waals surface area contributed by atoms with Gasteiger partial charge in [0.2, 0.25) is 11.8 Å². The number of likely N-dealkylation sites (tertiary alicyclic amines) is 1. The molecule has 2 fully saturated rings. The predicted octanol–water partition coefficient (Wildman–Crippen LogP) is 1.80. The van der Waals surface area contributed by atoms with Crippen LogP contribution >= 0.6 is 0 Å². The Labute approximate surface area is 143 Å². The number of carbonyl (C=O) groups excluding carboxylic acids is 2. The van der Waals surface area contributed by atoms with Crippen molar-refractivity contribution in [2.24, 2.45) is 5.92 Å². The Balaban J connectivity index is 1.76. The topological polar surface area (TPSA) is 60.9 Å². The largest absolute Gasteiger partial charge is 0.388 e. The first kappa shape index (κ1) is 17.0. The quantitative estimate of drug-likeness (QED) is 0.895. The monoisotopic (exact) mass is 330 g/mol. The number of hydrogen-bond acceptors (Lipinski definition) is 3. The average Bonchev–Trinajstić information content (AvgIpc) is 3.14. The van der Waals surface area contributed by atoms with Crippen LogP contribution in [-0.4, -0.2) is 52.5 Å². The lowest BCUT2D eigenvalue weighted by Gasteiger charge is -2.33. The molecule has 1 aliphatic carbocycles. The molecule has 2 amide bonds. The maximum Gasteiger partial charge on any atom is 0.228 e. The molecule has 1 heterocycles. The third-order valence-electron chi connectivity index (χ3n) is 5.24. The highest BCUT2D eigenvalue weighted by Gasteiger charge is 2.39. The third-order valence-corrected chi connectivity index (χ3v) is 5.24. The molecule has 0 bridgehead atoms. The van der Waals surface area contributed by atoms with E-state index in [9.17, 15) is 14.7 Å². The summed E-state index contributed by atoms with van der Waals surface area (Å²) in [6.45, 7) is 1.31. The Morgan fingerprint density at radius 3 is 2.54 bits per heavy atom. The van der Waals surface area contributed by atoms with E-state index >= 15 is 0 Å². The van der Waals surface area contributed by atoms with Crippen LogP contribution in [-0.2, 0) is 16.1 Å². The second-order valence-corrected chi connectivity index (χ2v) is 7.29. The highest BCUT2D eigenvalue weighted by Crippen LogP contribution is 2.31. The van der Waals surface area contributed by atoms with Crippen molar-refractivity contribution < 1.29 is 14.7 Å². The molecule has 1 saturated heterocycles. The molecular weight excluding hydrogens is 304 g/mol. The van der Waals surface area contributed by atoms with Crippen LogP contribution in [0.4, 0.5) is 0 Å². The Kier molecular flexibility index (Phi) is 4.90. The molecular formula is C19H26N2O3. The van der Waals surface area contributed by atoms with Crippen LogP contribution in [0.3, 0.4) is 0 Å². The molecule has 24 heavy (non-hydrogen) atoms. The number of aliphatic hydroxyl groups is 1. The fraction of sp³-hybridized carbons (Fsp3) is 0.579. The molecule has 1 aromatic carbocycles. The van der Waals surface area contributed by atoms with Crippen molar-refractivity contribution in [3.63, 3.8) is 0 Å². The lowest BCUT2D eigenvalue weighted by atomic mass is 9.99. The molecule has 1 aliphatic heterocycles. The molecule has 2 aliphatic rings. The molecule has 130 valence electrons. The Morgan fingerprint density at radius 2 is 1.96 bits per heavy atom. The van der Waals surface area contributed by atoms with Crippen LogP contribution in [0.15, 0.2) is 30.3 Å². The van der Waals surface area contributed by atoms with Crippen molar-refractivity contribution in [1.82, 2.24) is 9.80 Å². The van der Waals surface area contributed by atoms with E-state index in [0.29, 0.717) is 19.6 Å². The van der Waals surface area contributed by atoms with Crippen molar-refractivity contribution in [1.29, 1.82) is 0 Å². The van der Waals surface area contributed by atoms with Gasteiger partial charge in [-0.3, -0.25) is 9.59 Å². The van der Waals surface area contributed by atoms with Gasteiger partial charge < -0.3 is 14.9 Å². The second kappa shape index (κ2) is 6.93. The van der Waals surface area contributed by atoms with Crippen molar-refractivity contribution >= 4 is 11.8 Å². The zero-order valence-electron chi connectivity index (χ0n) is 14.3. The fourth-order valence-corrected chi connectivity index (χ4v) is 3.85. The normalized spacial score (nSPS) is 22.8. The van der Waals surface area contributed by atoms with E-state index in [1.807, 2.05) is 30.3 Å². The highest BCUT2D eigenvalue weighted by molar-refractivity contribution is 5.89. The number of nitrogens with zero attached hydrogens (tertiary/aromatic N) is 2. The number of hydrogen-bond donors (Lipinski definition) is 1. The van der Waals surface area contributed by atoms with E-state index < -0.39 is 5.60 Å². The standard InChI is InChI=1S/C19H26N2O3/c1-20-13-16(11-17(20)22)18(23)21(12-15-7-3-2-4-8-15)14-19(24)9-5-6-10-19/h2-4,7-8,16,24H,5-6,9-14H2,1H3. The predicted molar refractivity (Wildman–Crippen MR) is 91.0 cm³/mol. The number of rotatable bonds is 5. The molecule has 0 spiro atoms. The van der Waals surface area contributed by atoms with Gasteiger partial charge in [0, 0.05) is 33.1 Å². The zero-order chi connectivity index (χ0) is 17.2. The molecule has 1 unspecified atom stereocenters. The van der Waals surface area contributed by atoms with E-state index in [2.05, 4.69) is 0 Å². The molecule has 5 heteroatoms. The molecule has 1 aromatic rings. The minimum Gasteiger partial charge on any atom is -0.388 e. The smallest absolute Gasteiger partial charge is 0.228 e. The second-order valence-electron chi connectivity index (χ2n) is 7.29. The lowest BCUT2D eigenvalue weighted by Crippen LogP contribution is -2.46. The van der Waals surface area contributed by atoms with Gasteiger partial charge in [0.15, 0.2) is 0 Å². The minimum atomic E-state index is -0.779. The van der Waals surface area contributed by atoms with Gasteiger partial charge in [-0.15, -0.1) is 0 Å². The SMILES string of the molecule is CN1CC(C(=O)N(Cc2ccccc2)CC2(O)CCCC2)CC1=O. The zero-order valence-corrected chi connectivity index (χ0v) is 14.3. The summed E-state index contributed by atoms with van der Waals surface area (Å²) in [5.41, 5.74) is 0.268. The van der Waals surface area contributed by atoms with E-state index in [0.717, 1.165) is 31.2 Å². The number of carbonyl (C=O) groups is 2. The van der Waals surface area contributed by atoms with Crippen LogP contribution in [0.5, 0.6) is 0 Å². The molecule has 0 aromatic heterocycles. The van der Waals surface area contributed by atoms with Crippen LogP contribution in [0.2, 0.25) is 0 Å². The first-order chi connectivity index (χ1) is 11.5. The maximum atomic E-state index is 13.0. The van der Waals surface area contributed by atoms with Crippen LogP contribution in [0.1, 0.15) is 37.7 Å². The van der Waals surface area contributed by atoms with E-state index in [-0.39, 0.29) is 24.2 Å². The van der Waals surface area contributed by atoms with Crippen molar-refractivity contribution in [2.45, 2.75) is 44.2 Å². The average molecular weight is 330 g/mol. The summed E-state index contributed by atoms with van der Waals surface area (Å²) in [7, 11) is 1.74. The molecule has 3 rings (SSSR count). The molecule has 5 nitrogen and oxygen atoms in total. The van der Waals surface area contributed by atoms with Crippen molar-refractivity contribution in [3.8, 4) is 0 Å². The maximum absolute atomic E-state index is 13.0. The summed E-state index contributed by atoms with van der Waals surface area (Å²) in [5.74, 6) is -0.291. The molecule has 1 N–H and O–H groups in total. The summed E-state index contributed by atoms with van der Waals surface area (Å²) >= 11 is 0. The summed E-state index contributed by atoms with van der Waals surface area (Å²) in [6, 6.07) is 9.84. The van der Waals surface area contributed by atoms with Gasteiger partial charge in [-0.25, -0.2) is 0 Å². The van der Waals surface area contributed by atoms with Gasteiger partial charge in [-0.2, -0.15) is 0 Å². The van der Waals surface area contributed by atoms with Gasteiger partial charge in [0.25, 0.3) is 0 Å². The Morgan fingerprint density at radius 1 is 1.29 bits per heavy atom. The van der Waals surface area contributed by atoms with Crippen LogP contribution in [0.25, 0.3) is 0 Å². The van der Waals surface area contributed by atoms with Crippen molar-refractivity contribution in [2.75, 3.05) is 20.1 Å². The van der Waals surface area contributed by atoms with Crippen LogP contribution < -0.4 is 0 Å². The van der Waals surface area contributed by atoms with Gasteiger partial charge in [0.1, 0.15) is 0 Å². The van der Waals surface area contributed by atoms with E-state index in [4.69, 9.17) is 0 Å². The van der Waals surface area contributed by atoms with Crippen LogP contribution in [0, 0.1) is 5.92 Å².